The Labute approximate surface area is 108 Å². The first-order valence-corrected chi connectivity index (χ1v) is 6.30. The van der Waals surface area contributed by atoms with Crippen molar-refractivity contribution >= 4 is 11.6 Å². The molecule has 0 radical (unpaired) electrons. The highest BCUT2D eigenvalue weighted by molar-refractivity contribution is 5.94. The lowest BCUT2D eigenvalue weighted by atomic mass is 10.00. The SMILES string of the molecule is CCC(C)CC(C)NC(=O)c1ccc(N)cc1F. The van der Waals surface area contributed by atoms with Gasteiger partial charge in [-0.25, -0.2) is 4.39 Å². The van der Waals surface area contributed by atoms with E-state index in [9.17, 15) is 9.18 Å². The Morgan fingerprint density at radius 2 is 2.11 bits per heavy atom. The third-order valence-electron chi connectivity index (χ3n) is 3.07. The summed E-state index contributed by atoms with van der Waals surface area (Å²) in [6.45, 7) is 6.17. The van der Waals surface area contributed by atoms with Gasteiger partial charge in [0.2, 0.25) is 0 Å². The number of hydrogen-bond acceptors (Lipinski definition) is 2. The molecule has 0 fully saturated rings. The summed E-state index contributed by atoms with van der Waals surface area (Å²) >= 11 is 0. The molecular formula is C14H21FN2O. The van der Waals surface area contributed by atoms with Crippen LogP contribution in [0.25, 0.3) is 0 Å². The lowest BCUT2D eigenvalue weighted by molar-refractivity contribution is 0.0931. The van der Waals surface area contributed by atoms with Gasteiger partial charge < -0.3 is 11.1 Å². The molecule has 1 amide bonds. The third-order valence-corrected chi connectivity index (χ3v) is 3.07. The quantitative estimate of drug-likeness (QED) is 0.792. The number of hydrogen-bond donors (Lipinski definition) is 2. The Morgan fingerprint density at radius 1 is 1.44 bits per heavy atom. The van der Waals surface area contributed by atoms with Gasteiger partial charge in [-0.15, -0.1) is 0 Å². The van der Waals surface area contributed by atoms with E-state index < -0.39 is 5.82 Å². The van der Waals surface area contributed by atoms with E-state index in [2.05, 4.69) is 19.2 Å². The highest BCUT2D eigenvalue weighted by Gasteiger charge is 2.15. The molecule has 100 valence electrons. The maximum Gasteiger partial charge on any atom is 0.254 e. The molecule has 0 heterocycles. The van der Waals surface area contributed by atoms with Crippen LogP contribution < -0.4 is 11.1 Å². The first kappa shape index (κ1) is 14.5. The van der Waals surface area contributed by atoms with Gasteiger partial charge in [0.15, 0.2) is 0 Å². The van der Waals surface area contributed by atoms with E-state index in [-0.39, 0.29) is 17.5 Å². The van der Waals surface area contributed by atoms with Crippen LogP contribution in [0.5, 0.6) is 0 Å². The van der Waals surface area contributed by atoms with Gasteiger partial charge in [-0.1, -0.05) is 20.3 Å². The summed E-state index contributed by atoms with van der Waals surface area (Å²) in [5.41, 5.74) is 5.80. The molecule has 3 N–H and O–H groups in total. The molecule has 18 heavy (non-hydrogen) atoms. The Hall–Kier alpha value is -1.58. The molecule has 0 aliphatic carbocycles. The van der Waals surface area contributed by atoms with Crippen LogP contribution in [0.3, 0.4) is 0 Å². The Morgan fingerprint density at radius 3 is 2.67 bits per heavy atom. The lowest BCUT2D eigenvalue weighted by Gasteiger charge is -2.17. The highest BCUT2D eigenvalue weighted by Crippen LogP contribution is 2.13. The van der Waals surface area contributed by atoms with Crippen molar-refractivity contribution in [3.05, 3.63) is 29.6 Å². The fourth-order valence-corrected chi connectivity index (χ4v) is 1.85. The van der Waals surface area contributed by atoms with Gasteiger partial charge in [-0.2, -0.15) is 0 Å². The van der Waals surface area contributed by atoms with Crippen molar-refractivity contribution < 1.29 is 9.18 Å². The normalized spacial score (nSPS) is 14.0. The topological polar surface area (TPSA) is 55.1 Å². The van der Waals surface area contributed by atoms with Crippen LogP contribution in [0.2, 0.25) is 0 Å². The average Bonchev–Trinajstić information content (AvgIpc) is 2.28. The molecule has 0 saturated heterocycles. The third kappa shape index (κ3) is 4.02. The number of nitrogens with two attached hydrogens (primary N) is 1. The standard InChI is InChI=1S/C14H21FN2O/c1-4-9(2)7-10(3)17-14(18)12-6-5-11(16)8-13(12)15/h5-6,8-10H,4,7,16H2,1-3H3,(H,17,18). The zero-order valence-corrected chi connectivity index (χ0v) is 11.2. The van der Waals surface area contributed by atoms with Gasteiger partial charge >= 0.3 is 0 Å². The van der Waals surface area contributed by atoms with Crippen LogP contribution in [-0.2, 0) is 0 Å². The molecule has 1 aromatic carbocycles. The molecule has 4 heteroatoms. The highest BCUT2D eigenvalue weighted by atomic mass is 19.1. The van der Waals surface area contributed by atoms with Crippen LogP contribution in [-0.4, -0.2) is 11.9 Å². The minimum Gasteiger partial charge on any atom is -0.399 e. The maximum absolute atomic E-state index is 13.5. The summed E-state index contributed by atoms with van der Waals surface area (Å²) in [6, 6.07) is 4.13. The fraction of sp³-hybridized carbons (Fsp3) is 0.500. The first-order valence-electron chi connectivity index (χ1n) is 6.30. The van der Waals surface area contributed by atoms with Crippen molar-refractivity contribution in [2.45, 2.75) is 39.7 Å². The predicted octanol–water partition coefficient (Wildman–Crippen LogP) is 2.96. The minimum absolute atomic E-state index is 0.0319. The van der Waals surface area contributed by atoms with Crippen LogP contribution >= 0.6 is 0 Å². The Balaban J connectivity index is 2.65. The molecule has 0 aromatic heterocycles. The molecular weight excluding hydrogens is 231 g/mol. The van der Waals surface area contributed by atoms with Gasteiger partial charge in [0.1, 0.15) is 5.82 Å². The van der Waals surface area contributed by atoms with Gasteiger partial charge in [0.25, 0.3) is 5.91 Å². The number of rotatable bonds is 5. The van der Waals surface area contributed by atoms with Crippen molar-refractivity contribution in [1.29, 1.82) is 0 Å². The minimum atomic E-state index is -0.580. The number of halogens is 1. The number of nitrogen functional groups attached to an aromatic ring is 1. The van der Waals surface area contributed by atoms with E-state index in [0.29, 0.717) is 11.6 Å². The smallest absolute Gasteiger partial charge is 0.254 e. The fourth-order valence-electron chi connectivity index (χ4n) is 1.85. The number of benzene rings is 1. The largest absolute Gasteiger partial charge is 0.399 e. The van der Waals surface area contributed by atoms with E-state index in [1.54, 1.807) is 0 Å². The van der Waals surface area contributed by atoms with E-state index in [0.717, 1.165) is 18.9 Å². The summed E-state index contributed by atoms with van der Waals surface area (Å²) in [5, 5.41) is 2.80. The second-order valence-electron chi connectivity index (χ2n) is 4.86. The Bertz CT molecular complexity index is 420. The van der Waals surface area contributed by atoms with Crippen molar-refractivity contribution in [2.75, 3.05) is 5.73 Å². The van der Waals surface area contributed by atoms with Crippen LogP contribution in [0, 0.1) is 11.7 Å². The maximum atomic E-state index is 13.5. The van der Waals surface area contributed by atoms with Gasteiger partial charge in [-0.05, 0) is 37.5 Å². The summed E-state index contributed by atoms with van der Waals surface area (Å²) in [5.74, 6) is -0.428. The van der Waals surface area contributed by atoms with Crippen molar-refractivity contribution in [2.24, 2.45) is 5.92 Å². The van der Waals surface area contributed by atoms with Crippen molar-refractivity contribution in [1.82, 2.24) is 5.32 Å². The molecule has 1 rings (SSSR count). The van der Waals surface area contributed by atoms with Crippen LogP contribution in [0.4, 0.5) is 10.1 Å². The second kappa shape index (κ2) is 6.38. The first-order chi connectivity index (χ1) is 8.43. The molecule has 1 aromatic rings. The molecule has 2 unspecified atom stereocenters. The summed E-state index contributed by atoms with van der Waals surface area (Å²) in [7, 11) is 0. The van der Waals surface area contributed by atoms with E-state index in [1.165, 1.54) is 12.1 Å². The number of nitrogens with one attached hydrogen (secondary N) is 1. The zero-order chi connectivity index (χ0) is 13.7. The van der Waals surface area contributed by atoms with E-state index in [4.69, 9.17) is 5.73 Å². The van der Waals surface area contributed by atoms with Crippen LogP contribution in [0.1, 0.15) is 44.0 Å². The van der Waals surface area contributed by atoms with Crippen molar-refractivity contribution in [3.63, 3.8) is 0 Å². The molecule has 0 aliphatic rings. The molecule has 0 saturated carbocycles. The molecule has 0 spiro atoms. The van der Waals surface area contributed by atoms with Crippen LogP contribution in [0.15, 0.2) is 18.2 Å². The predicted molar refractivity (Wildman–Crippen MR) is 71.8 cm³/mol. The summed E-state index contributed by atoms with van der Waals surface area (Å²) in [6.07, 6.45) is 1.95. The summed E-state index contributed by atoms with van der Waals surface area (Å²) in [4.78, 5) is 11.9. The second-order valence-corrected chi connectivity index (χ2v) is 4.86. The van der Waals surface area contributed by atoms with E-state index >= 15 is 0 Å². The number of anilines is 1. The number of amides is 1. The summed E-state index contributed by atoms with van der Waals surface area (Å²) < 4.78 is 13.5. The number of carbonyl (C=O) groups is 1. The average molecular weight is 252 g/mol. The molecule has 0 bridgehead atoms. The Kier molecular flexibility index (Phi) is 5.13. The van der Waals surface area contributed by atoms with Gasteiger partial charge in [0, 0.05) is 11.7 Å². The van der Waals surface area contributed by atoms with Gasteiger partial charge in [0.05, 0.1) is 5.56 Å². The number of carbonyl (C=O) groups excluding carboxylic acids is 1. The molecule has 0 aliphatic heterocycles. The lowest BCUT2D eigenvalue weighted by Crippen LogP contribution is -2.34. The van der Waals surface area contributed by atoms with E-state index in [1.807, 2.05) is 6.92 Å². The zero-order valence-electron chi connectivity index (χ0n) is 11.2. The molecule has 3 nitrogen and oxygen atoms in total. The van der Waals surface area contributed by atoms with Gasteiger partial charge in [-0.3, -0.25) is 4.79 Å². The molecule has 2 atom stereocenters. The van der Waals surface area contributed by atoms with Crippen molar-refractivity contribution in [3.8, 4) is 0 Å². The monoisotopic (exact) mass is 252 g/mol.